The summed E-state index contributed by atoms with van der Waals surface area (Å²) in [5, 5.41) is 10.9. The zero-order valence-electron chi connectivity index (χ0n) is 11.9. The summed E-state index contributed by atoms with van der Waals surface area (Å²) < 4.78 is 40.0. The normalized spacial score (nSPS) is 11.6. The van der Waals surface area contributed by atoms with Gasteiger partial charge in [-0.05, 0) is 18.6 Å². The predicted molar refractivity (Wildman–Crippen MR) is 74.6 cm³/mol. The van der Waals surface area contributed by atoms with Crippen LogP contribution in [0.4, 0.5) is 13.2 Å². The number of carbonyl (C=O) groups is 2. The highest BCUT2D eigenvalue weighted by Gasteiger charge is 2.37. The van der Waals surface area contributed by atoms with Gasteiger partial charge >= 0.3 is 12.1 Å². The van der Waals surface area contributed by atoms with Gasteiger partial charge in [0.2, 0.25) is 11.7 Å². The molecule has 0 aliphatic rings. The number of aromatic nitrogens is 2. The minimum Gasteiger partial charge on any atom is -0.481 e. The number of carboxylic acid groups (broad SMARTS) is 1. The minimum absolute atomic E-state index is 0.0825. The topological polar surface area (TPSA) is 84.2 Å². The standard InChI is InChI=1S/C14H14F3N3O3/c15-14(16,17)13-19-9-4-1-2-5-10(9)20(13)8-11(21)18-7-3-6-12(22)23/h1-2,4-5H,3,6-8H2,(H,18,21)(H,22,23). The maximum Gasteiger partial charge on any atom is 0.449 e. The van der Waals surface area contributed by atoms with Crippen LogP contribution in [0.1, 0.15) is 18.7 Å². The van der Waals surface area contributed by atoms with E-state index in [4.69, 9.17) is 5.11 Å². The zero-order chi connectivity index (χ0) is 17.0. The van der Waals surface area contributed by atoms with E-state index in [2.05, 4.69) is 10.3 Å². The Labute approximate surface area is 128 Å². The van der Waals surface area contributed by atoms with Crippen LogP contribution in [0.25, 0.3) is 11.0 Å². The van der Waals surface area contributed by atoms with E-state index < -0.39 is 30.4 Å². The lowest BCUT2D eigenvalue weighted by atomic mass is 10.3. The van der Waals surface area contributed by atoms with Gasteiger partial charge in [0.05, 0.1) is 11.0 Å². The van der Waals surface area contributed by atoms with Crippen molar-refractivity contribution >= 4 is 22.9 Å². The molecule has 0 aliphatic heterocycles. The van der Waals surface area contributed by atoms with Crippen molar-refractivity contribution in [3.63, 3.8) is 0 Å². The summed E-state index contributed by atoms with van der Waals surface area (Å²) in [6.07, 6.45) is -4.59. The lowest BCUT2D eigenvalue weighted by Crippen LogP contribution is -2.30. The lowest BCUT2D eigenvalue weighted by Gasteiger charge is -2.11. The van der Waals surface area contributed by atoms with Crippen LogP contribution in [-0.4, -0.2) is 33.1 Å². The average molecular weight is 329 g/mol. The van der Waals surface area contributed by atoms with E-state index in [9.17, 15) is 22.8 Å². The molecule has 2 aromatic rings. The molecule has 9 heteroatoms. The van der Waals surface area contributed by atoms with Gasteiger partial charge < -0.3 is 15.0 Å². The van der Waals surface area contributed by atoms with Crippen molar-refractivity contribution in [1.29, 1.82) is 0 Å². The predicted octanol–water partition coefficient (Wildman–Crippen LogP) is 2.04. The van der Waals surface area contributed by atoms with Crippen LogP contribution in [-0.2, 0) is 22.3 Å². The number of carboxylic acids is 1. The lowest BCUT2D eigenvalue weighted by molar-refractivity contribution is -0.147. The summed E-state index contributed by atoms with van der Waals surface area (Å²) in [6, 6.07) is 6.01. The zero-order valence-corrected chi connectivity index (χ0v) is 11.9. The van der Waals surface area contributed by atoms with Crippen molar-refractivity contribution in [2.75, 3.05) is 6.54 Å². The molecule has 0 aliphatic carbocycles. The molecule has 124 valence electrons. The highest BCUT2D eigenvalue weighted by molar-refractivity contribution is 5.81. The van der Waals surface area contributed by atoms with Crippen molar-refractivity contribution in [3.8, 4) is 0 Å². The first-order valence-corrected chi connectivity index (χ1v) is 6.80. The molecule has 0 saturated carbocycles. The maximum atomic E-state index is 13.1. The van der Waals surface area contributed by atoms with Gasteiger partial charge in [-0.15, -0.1) is 0 Å². The molecule has 1 amide bonds. The molecule has 0 bridgehead atoms. The van der Waals surface area contributed by atoms with E-state index in [0.29, 0.717) is 0 Å². The number of aliphatic carboxylic acids is 1. The number of amides is 1. The Bertz CT molecular complexity index is 725. The number of para-hydroxylation sites is 2. The van der Waals surface area contributed by atoms with E-state index in [-0.39, 0.29) is 30.4 Å². The first-order chi connectivity index (χ1) is 10.8. The number of rotatable bonds is 6. The van der Waals surface area contributed by atoms with Crippen molar-refractivity contribution in [1.82, 2.24) is 14.9 Å². The van der Waals surface area contributed by atoms with Crippen molar-refractivity contribution in [3.05, 3.63) is 30.1 Å². The fraction of sp³-hybridized carbons (Fsp3) is 0.357. The Morgan fingerprint density at radius 3 is 2.61 bits per heavy atom. The molecule has 0 spiro atoms. The molecule has 0 unspecified atom stereocenters. The molecule has 6 nitrogen and oxygen atoms in total. The number of nitrogens with zero attached hydrogens (tertiary/aromatic N) is 2. The summed E-state index contributed by atoms with van der Waals surface area (Å²) in [4.78, 5) is 25.7. The van der Waals surface area contributed by atoms with E-state index in [1.54, 1.807) is 12.1 Å². The van der Waals surface area contributed by atoms with Crippen LogP contribution in [0.2, 0.25) is 0 Å². The van der Waals surface area contributed by atoms with Gasteiger partial charge in [0.15, 0.2) is 0 Å². The number of hydrogen-bond donors (Lipinski definition) is 2. The van der Waals surface area contributed by atoms with Crippen LogP contribution in [0.5, 0.6) is 0 Å². The molecular formula is C14H14F3N3O3. The van der Waals surface area contributed by atoms with Crippen LogP contribution < -0.4 is 5.32 Å². The second kappa shape index (κ2) is 6.67. The molecule has 2 N–H and O–H groups in total. The molecule has 0 atom stereocenters. The van der Waals surface area contributed by atoms with E-state index in [1.165, 1.54) is 12.1 Å². The Balaban J connectivity index is 2.15. The number of imidazole rings is 1. The van der Waals surface area contributed by atoms with E-state index in [0.717, 1.165) is 4.57 Å². The van der Waals surface area contributed by atoms with Crippen LogP contribution >= 0.6 is 0 Å². The van der Waals surface area contributed by atoms with Crippen molar-refractivity contribution in [2.45, 2.75) is 25.6 Å². The fourth-order valence-corrected chi connectivity index (χ4v) is 2.12. The number of nitrogens with one attached hydrogen (secondary N) is 1. The molecule has 23 heavy (non-hydrogen) atoms. The smallest absolute Gasteiger partial charge is 0.449 e. The summed E-state index contributed by atoms with van der Waals surface area (Å²) in [5.41, 5.74) is 0.360. The van der Waals surface area contributed by atoms with Gasteiger partial charge in [0, 0.05) is 13.0 Å². The third-order valence-electron chi connectivity index (χ3n) is 3.10. The average Bonchev–Trinajstić information content (AvgIpc) is 2.82. The highest BCUT2D eigenvalue weighted by Crippen LogP contribution is 2.31. The number of carbonyl (C=O) groups excluding carboxylic acids is 1. The maximum absolute atomic E-state index is 13.1. The molecule has 1 aromatic carbocycles. The number of alkyl halides is 3. The summed E-state index contributed by atoms with van der Waals surface area (Å²) >= 11 is 0. The number of benzene rings is 1. The monoisotopic (exact) mass is 329 g/mol. The van der Waals surface area contributed by atoms with E-state index in [1.807, 2.05) is 0 Å². The first-order valence-electron chi connectivity index (χ1n) is 6.80. The summed E-state index contributed by atoms with van der Waals surface area (Å²) in [7, 11) is 0. The van der Waals surface area contributed by atoms with Crippen molar-refractivity contribution in [2.24, 2.45) is 0 Å². The van der Waals surface area contributed by atoms with Gasteiger partial charge in [-0.3, -0.25) is 9.59 Å². The summed E-state index contributed by atoms with van der Waals surface area (Å²) in [5.74, 6) is -2.78. The molecule has 2 rings (SSSR count). The fourth-order valence-electron chi connectivity index (χ4n) is 2.12. The molecule has 0 radical (unpaired) electrons. The van der Waals surface area contributed by atoms with Gasteiger partial charge in [0.25, 0.3) is 0 Å². The Morgan fingerprint density at radius 2 is 1.96 bits per heavy atom. The SMILES string of the molecule is O=C(O)CCCNC(=O)Cn1c(C(F)(F)F)nc2ccccc21. The second-order valence-electron chi connectivity index (χ2n) is 4.86. The minimum atomic E-state index is -4.68. The van der Waals surface area contributed by atoms with Crippen LogP contribution in [0.15, 0.2) is 24.3 Å². The molecular weight excluding hydrogens is 315 g/mol. The van der Waals surface area contributed by atoms with Gasteiger partial charge in [-0.25, -0.2) is 4.98 Å². The number of halogens is 3. The molecule has 1 aromatic heterocycles. The van der Waals surface area contributed by atoms with Gasteiger partial charge in [-0.2, -0.15) is 13.2 Å². The Morgan fingerprint density at radius 1 is 1.26 bits per heavy atom. The first kappa shape index (κ1) is 16.8. The van der Waals surface area contributed by atoms with Gasteiger partial charge in [0.1, 0.15) is 6.54 Å². The Kier molecular flexibility index (Phi) is 4.87. The largest absolute Gasteiger partial charge is 0.481 e. The number of hydrogen-bond acceptors (Lipinski definition) is 3. The van der Waals surface area contributed by atoms with Crippen LogP contribution in [0.3, 0.4) is 0 Å². The highest BCUT2D eigenvalue weighted by atomic mass is 19.4. The van der Waals surface area contributed by atoms with Crippen LogP contribution in [0, 0.1) is 0 Å². The second-order valence-corrected chi connectivity index (χ2v) is 4.86. The quantitative estimate of drug-likeness (QED) is 0.794. The molecule has 0 fully saturated rings. The molecule has 1 heterocycles. The number of fused-ring (bicyclic) bond motifs is 1. The third kappa shape index (κ3) is 4.21. The molecule has 0 saturated heterocycles. The third-order valence-corrected chi connectivity index (χ3v) is 3.10. The van der Waals surface area contributed by atoms with Gasteiger partial charge in [-0.1, -0.05) is 12.1 Å². The van der Waals surface area contributed by atoms with E-state index >= 15 is 0 Å². The Hall–Kier alpha value is -2.58. The summed E-state index contributed by atoms with van der Waals surface area (Å²) in [6.45, 7) is -0.457. The van der Waals surface area contributed by atoms with Crippen molar-refractivity contribution < 1.29 is 27.9 Å².